The molecule has 8 heteroatoms. The van der Waals surface area contributed by atoms with E-state index in [2.05, 4.69) is 25.3 Å². The molecule has 1 aromatic heterocycles. The van der Waals surface area contributed by atoms with Gasteiger partial charge in [0.15, 0.2) is 11.5 Å². The third-order valence-corrected chi connectivity index (χ3v) is 9.97. The standard InChI is InChI=1S/C33H38FN5O2/c34-29-15-22(4-5-28(29)26-2-1-3-27(40)16-26)20-38-8-10-39(11-9-38)31-7-6-30(36-37-31)32(41)35-21-33-17-23-12-24(18-33)14-25(13-23)19-33/h1-7,15-16,23-25,40H,8-14,17-21H2,(H,35,41). The van der Waals surface area contributed by atoms with E-state index in [1.54, 1.807) is 42.5 Å². The third-order valence-electron chi connectivity index (χ3n) is 9.97. The molecule has 214 valence electrons. The van der Waals surface area contributed by atoms with Crippen LogP contribution in [0.15, 0.2) is 54.6 Å². The zero-order chi connectivity index (χ0) is 28.0. The van der Waals surface area contributed by atoms with Crippen LogP contribution in [0.2, 0.25) is 0 Å². The van der Waals surface area contributed by atoms with E-state index >= 15 is 0 Å². The summed E-state index contributed by atoms with van der Waals surface area (Å²) in [5.41, 5.74) is 2.75. The Hall–Kier alpha value is -3.52. The summed E-state index contributed by atoms with van der Waals surface area (Å²) < 4.78 is 14.9. The number of aromatic hydroxyl groups is 1. The number of phenols is 1. The first-order valence-electron chi connectivity index (χ1n) is 15.1. The van der Waals surface area contributed by atoms with Crippen LogP contribution in [-0.4, -0.2) is 58.8 Å². The van der Waals surface area contributed by atoms with Gasteiger partial charge in [-0.15, -0.1) is 10.2 Å². The number of carbonyl (C=O) groups excluding carboxylic acids is 1. The lowest BCUT2D eigenvalue weighted by molar-refractivity contribution is -0.0503. The largest absolute Gasteiger partial charge is 0.508 e. The van der Waals surface area contributed by atoms with Crippen molar-refractivity contribution in [2.75, 3.05) is 37.6 Å². The Morgan fingerprint density at radius 1 is 0.927 bits per heavy atom. The Kier molecular flexibility index (Phi) is 6.89. The quantitative estimate of drug-likeness (QED) is 0.414. The number of halogens is 1. The maximum Gasteiger partial charge on any atom is 0.271 e. The highest BCUT2D eigenvalue weighted by atomic mass is 19.1. The Bertz CT molecular complexity index is 1380. The van der Waals surface area contributed by atoms with Crippen molar-refractivity contribution in [1.82, 2.24) is 20.4 Å². The van der Waals surface area contributed by atoms with E-state index < -0.39 is 0 Å². The minimum Gasteiger partial charge on any atom is -0.508 e. The number of anilines is 1. The van der Waals surface area contributed by atoms with Gasteiger partial charge in [0.2, 0.25) is 0 Å². The number of phenolic OH excluding ortho intramolecular Hbond substituents is 1. The van der Waals surface area contributed by atoms with Gasteiger partial charge in [-0.1, -0.05) is 24.3 Å². The van der Waals surface area contributed by atoms with Crippen molar-refractivity contribution in [3.8, 4) is 16.9 Å². The second-order valence-corrected chi connectivity index (χ2v) is 13.0. The van der Waals surface area contributed by atoms with E-state index in [9.17, 15) is 14.3 Å². The van der Waals surface area contributed by atoms with Crippen molar-refractivity contribution < 1.29 is 14.3 Å². The summed E-state index contributed by atoms with van der Waals surface area (Å²) in [5.74, 6) is 3.11. The predicted octanol–water partition coefficient (Wildman–Crippen LogP) is 5.26. The molecule has 0 radical (unpaired) electrons. The van der Waals surface area contributed by atoms with Gasteiger partial charge in [-0.3, -0.25) is 9.69 Å². The van der Waals surface area contributed by atoms with E-state index in [0.717, 1.165) is 61.9 Å². The van der Waals surface area contributed by atoms with Crippen LogP contribution in [0.25, 0.3) is 11.1 Å². The first-order chi connectivity index (χ1) is 19.9. The van der Waals surface area contributed by atoms with E-state index in [1.165, 1.54) is 38.5 Å². The molecule has 5 aliphatic rings. The predicted molar refractivity (Wildman–Crippen MR) is 156 cm³/mol. The molecular weight excluding hydrogens is 517 g/mol. The monoisotopic (exact) mass is 555 g/mol. The van der Waals surface area contributed by atoms with Gasteiger partial charge < -0.3 is 15.3 Å². The van der Waals surface area contributed by atoms with Crippen LogP contribution >= 0.6 is 0 Å². The summed E-state index contributed by atoms with van der Waals surface area (Å²) in [6, 6.07) is 15.7. The molecule has 41 heavy (non-hydrogen) atoms. The Balaban J connectivity index is 0.904. The van der Waals surface area contributed by atoms with E-state index in [0.29, 0.717) is 28.8 Å². The summed E-state index contributed by atoms with van der Waals surface area (Å²) >= 11 is 0. The highest BCUT2D eigenvalue weighted by Crippen LogP contribution is 2.59. The number of hydrogen-bond donors (Lipinski definition) is 2. The van der Waals surface area contributed by atoms with Crippen molar-refractivity contribution in [2.45, 2.75) is 45.1 Å². The van der Waals surface area contributed by atoms with Gasteiger partial charge in [-0.2, -0.15) is 0 Å². The summed E-state index contributed by atoms with van der Waals surface area (Å²) in [6.45, 7) is 4.66. The smallest absolute Gasteiger partial charge is 0.271 e. The summed E-state index contributed by atoms with van der Waals surface area (Å²) in [7, 11) is 0. The van der Waals surface area contributed by atoms with Crippen molar-refractivity contribution >= 4 is 11.7 Å². The number of rotatable bonds is 7. The van der Waals surface area contributed by atoms with E-state index in [4.69, 9.17) is 0 Å². The second kappa shape index (κ2) is 10.7. The number of carbonyl (C=O) groups is 1. The molecule has 4 bridgehead atoms. The average Bonchev–Trinajstić information content (AvgIpc) is 2.96. The molecule has 0 atom stereocenters. The fraction of sp³-hybridized carbons (Fsp3) is 0.485. The third kappa shape index (κ3) is 5.54. The Morgan fingerprint density at radius 2 is 1.66 bits per heavy atom. The normalized spacial score (nSPS) is 27.2. The van der Waals surface area contributed by atoms with Crippen LogP contribution in [0.4, 0.5) is 10.2 Å². The fourth-order valence-corrected chi connectivity index (χ4v) is 8.44. The van der Waals surface area contributed by atoms with Crippen LogP contribution in [0.3, 0.4) is 0 Å². The van der Waals surface area contributed by atoms with Crippen LogP contribution in [0.1, 0.15) is 54.6 Å². The van der Waals surface area contributed by atoms with Crippen molar-refractivity contribution in [2.24, 2.45) is 23.2 Å². The molecule has 1 amide bonds. The summed E-state index contributed by atoms with van der Waals surface area (Å²) in [6.07, 6.45) is 8.03. The summed E-state index contributed by atoms with van der Waals surface area (Å²) in [4.78, 5) is 17.4. The maximum atomic E-state index is 14.9. The lowest BCUT2D eigenvalue weighted by Crippen LogP contribution is -2.51. The van der Waals surface area contributed by atoms with Gasteiger partial charge in [0.25, 0.3) is 5.91 Å². The highest BCUT2D eigenvalue weighted by molar-refractivity contribution is 5.92. The molecule has 1 aliphatic heterocycles. The molecule has 2 aromatic carbocycles. The van der Waals surface area contributed by atoms with Crippen LogP contribution in [0.5, 0.6) is 5.75 Å². The average molecular weight is 556 g/mol. The second-order valence-electron chi connectivity index (χ2n) is 13.0. The molecule has 0 spiro atoms. The fourth-order valence-electron chi connectivity index (χ4n) is 8.44. The molecule has 4 aliphatic carbocycles. The molecule has 1 saturated heterocycles. The van der Waals surface area contributed by atoms with Crippen LogP contribution in [-0.2, 0) is 6.54 Å². The minimum atomic E-state index is -0.288. The van der Waals surface area contributed by atoms with Crippen LogP contribution in [0, 0.1) is 29.0 Å². The van der Waals surface area contributed by atoms with Crippen molar-refractivity contribution in [3.63, 3.8) is 0 Å². The number of nitrogens with one attached hydrogen (secondary N) is 1. The van der Waals surface area contributed by atoms with Gasteiger partial charge in [-0.25, -0.2) is 4.39 Å². The van der Waals surface area contributed by atoms with E-state index in [-0.39, 0.29) is 17.5 Å². The molecule has 2 N–H and O–H groups in total. The summed E-state index contributed by atoms with van der Waals surface area (Å²) in [5, 5.41) is 21.6. The number of hydrogen-bond acceptors (Lipinski definition) is 6. The van der Waals surface area contributed by atoms with E-state index in [1.807, 2.05) is 12.1 Å². The number of piperazine rings is 1. The minimum absolute atomic E-state index is 0.119. The zero-order valence-corrected chi connectivity index (χ0v) is 23.4. The molecule has 5 fully saturated rings. The van der Waals surface area contributed by atoms with Gasteiger partial charge in [0, 0.05) is 44.8 Å². The number of nitrogens with zero attached hydrogens (tertiary/aromatic N) is 4. The number of aromatic nitrogens is 2. The number of benzene rings is 2. The van der Waals surface area contributed by atoms with Gasteiger partial charge in [0.1, 0.15) is 11.6 Å². The highest BCUT2D eigenvalue weighted by Gasteiger charge is 2.50. The zero-order valence-electron chi connectivity index (χ0n) is 23.4. The maximum absolute atomic E-state index is 14.9. The van der Waals surface area contributed by atoms with Crippen molar-refractivity contribution in [3.05, 3.63) is 71.7 Å². The Labute approximate surface area is 240 Å². The lowest BCUT2D eigenvalue weighted by Gasteiger charge is -2.56. The molecule has 4 saturated carbocycles. The molecule has 7 nitrogen and oxygen atoms in total. The van der Waals surface area contributed by atoms with Crippen molar-refractivity contribution in [1.29, 1.82) is 0 Å². The molecule has 3 aromatic rings. The Morgan fingerprint density at radius 3 is 2.29 bits per heavy atom. The topological polar surface area (TPSA) is 81.6 Å². The lowest BCUT2D eigenvalue weighted by atomic mass is 9.49. The first kappa shape index (κ1) is 26.4. The van der Waals surface area contributed by atoms with Gasteiger partial charge in [-0.05, 0) is 103 Å². The number of amides is 1. The SMILES string of the molecule is O=C(NCC12CC3CC(CC(C3)C1)C2)c1ccc(N2CCN(Cc3ccc(-c4cccc(O)c4)c(F)c3)CC2)nn1. The molecule has 8 rings (SSSR count). The first-order valence-corrected chi connectivity index (χ1v) is 15.1. The van der Waals surface area contributed by atoms with Gasteiger partial charge in [0.05, 0.1) is 0 Å². The molecule has 2 heterocycles. The molecular formula is C33H38FN5O2. The van der Waals surface area contributed by atoms with Gasteiger partial charge >= 0.3 is 0 Å². The molecule has 0 unspecified atom stereocenters. The van der Waals surface area contributed by atoms with Crippen LogP contribution < -0.4 is 10.2 Å².